The molecule has 1 heterocycles. The molecule has 69 heavy (non-hydrogen) atoms. The second-order valence-corrected chi connectivity index (χ2v) is 18.3. The number of hydrogen-bond acceptors (Lipinski definition) is 10. The Hall–Kier alpha value is -3.42. The molecular formula is C58H97NO10. The van der Waals surface area contributed by atoms with Crippen LogP contribution in [0.5, 0.6) is 0 Å². The summed E-state index contributed by atoms with van der Waals surface area (Å²) in [6, 6.07) is -1.04. The van der Waals surface area contributed by atoms with Gasteiger partial charge in [-0.15, -0.1) is 0 Å². The summed E-state index contributed by atoms with van der Waals surface area (Å²) in [5.41, 5.74) is 0. The molecular weight excluding hydrogens is 871 g/mol. The average molecular weight is 968 g/mol. The maximum atomic E-state index is 13.3. The monoisotopic (exact) mass is 968 g/mol. The van der Waals surface area contributed by atoms with Gasteiger partial charge in [-0.3, -0.25) is 9.59 Å². The Morgan fingerprint density at radius 1 is 0.594 bits per heavy atom. The third-order valence-electron chi connectivity index (χ3n) is 12.1. The first-order chi connectivity index (χ1) is 33.7. The molecule has 1 aliphatic rings. The summed E-state index contributed by atoms with van der Waals surface area (Å²) in [6.45, 7) is 5.47. The van der Waals surface area contributed by atoms with Crippen LogP contribution in [-0.2, 0) is 23.8 Å². The van der Waals surface area contributed by atoms with Gasteiger partial charge in [-0.05, 0) is 70.6 Å². The van der Waals surface area contributed by atoms with Crippen molar-refractivity contribution in [1.29, 1.82) is 0 Å². The Kier molecular flexibility index (Phi) is 42.1. The predicted molar refractivity (Wildman–Crippen MR) is 282 cm³/mol. The van der Waals surface area contributed by atoms with Crippen molar-refractivity contribution in [3.63, 3.8) is 0 Å². The number of carbonyl (C=O) groups excluding carboxylic acids is 2. The van der Waals surface area contributed by atoms with Gasteiger partial charge in [0, 0.05) is 6.42 Å². The summed E-state index contributed by atoms with van der Waals surface area (Å²) in [5, 5.41) is 56.7. The maximum absolute atomic E-state index is 13.3. The van der Waals surface area contributed by atoms with Gasteiger partial charge >= 0.3 is 5.97 Å². The molecule has 0 aromatic carbocycles. The Labute approximate surface area is 418 Å². The summed E-state index contributed by atoms with van der Waals surface area (Å²) in [4.78, 5) is 26.4. The van der Waals surface area contributed by atoms with E-state index in [4.69, 9.17) is 14.2 Å². The van der Waals surface area contributed by atoms with E-state index in [-0.39, 0.29) is 19.4 Å². The molecule has 11 nitrogen and oxygen atoms in total. The first kappa shape index (κ1) is 63.6. The minimum absolute atomic E-state index is 0.0684. The zero-order valence-electron chi connectivity index (χ0n) is 43.1. The van der Waals surface area contributed by atoms with Gasteiger partial charge in [-0.1, -0.05) is 214 Å². The van der Waals surface area contributed by atoms with E-state index in [9.17, 15) is 35.1 Å². The third kappa shape index (κ3) is 34.5. The largest absolute Gasteiger partial charge is 0.454 e. The maximum Gasteiger partial charge on any atom is 0.306 e. The Bertz CT molecular complexity index is 1480. The van der Waals surface area contributed by atoms with Crippen LogP contribution in [0.25, 0.3) is 0 Å². The van der Waals surface area contributed by atoms with Crippen LogP contribution in [0.2, 0.25) is 0 Å². The molecule has 1 saturated heterocycles. The highest BCUT2D eigenvalue weighted by molar-refractivity contribution is 5.80. The highest BCUT2D eigenvalue weighted by Crippen LogP contribution is 2.26. The topological polar surface area (TPSA) is 175 Å². The fraction of sp³-hybridized carbons (Fsp3) is 0.690. The Morgan fingerprint density at radius 3 is 1.72 bits per heavy atom. The fourth-order valence-electron chi connectivity index (χ4n) is 7.83. The number of unbranched alkanes of at least 4 members (excludes halogenated alkanes) is 19. The first-order valence-corrected chi connectivity index (χ1v) is 27.1. The van der Waals surface area contributed by atoms with Gasteiger partial charge < -0.3 is 45.1 Å². The van der Waals surface area contributed by atoms with Gasteiger partial charge in [0.2, 0.25) is 5.91 Å². The first-order valence-electron chi connectivity index (χ1n) is 27.1. The zero-order chi connectivity index (χ0) is 50.4. The van der Waals surface area contributed by atoms with Crippen molar-refractivity contribution in [2.45, 2.75) is 243 Å². The normalized spacial score (nSPS) is 20.6. The molecule has 394 valence electrons. The van der Waals surface area contributed by atoms with Crippen LogP contribution in [0.1, 0.15) is 194 Å². The van der Waals surface area contributed by atoms with Crippen LogP contribution in [0.15, 0.2) is 97.2 Å². The van der Waals surface area contributed by atoms with Crippen LogP contribution < -0.4 is 5.32 Å². The molecule has 1 rings (SSSR count). The molecule has 11 heteroatoms. The standard InChI is InChI=1S/C58H97NO10/c1-4-7-10-13-16-19-22-25-26-28-31-34-37-40-43-46-53(63)69-56-55(65)54(64)52(47-60)68-58(56)67-48-49(50(61)44-41-38-35-32-29-24-21-18-15-12-9-6-3)59-57(66)51(62)45-42-39-36-33-30-27-23-20-17-14-11-8-5-2/h7-8,10-11,13,16-17,19-20,22,25-26,28,31,41,44,49-52,54-56,58,60-62,64-65H,4-6,9,12,14-15,18,21,23-24,27,29-30,32-40,42-43,45-48H2,1-3H3,(H,59,66)/b10-7+,11-8+,16-13+,20-17+,22-19-,26-25-,31-28+,44-41+. The molecule has 1 amide bonds. The van der Waals surface area contributed by atoms with Crippen LogP contribution in [0, 0.1) is 0 Å². The van der Waals surface area contributed by atoms with E-state index < -0.39 is 67.4 Å². The average Bonchev–Trinajstić information content (AvgIpc) is 3.34. The molecule has 0 spiro atoms. The van der Waals surface area contributed by atoms with E-state index >= 15 is 0 Å². The van der Waals surface area contributed by atoms with Crippen LogP contribution in [0.4, 0.5) is 0 Å². The minimum atomic E-state index is -1.64. The second-order valence-electron chi connectivity index (χ2n) is 18.3. The number of carbonyl (C=O) groups is 2. The van der Waals surface area contributed by atoms with Crippen LogP contribution in [-0.4, -0.2) is 99.6 Å². The predicted octanol–water partition coefficient (Wildman–Crippen LogP) is 11.6. The van der Waals surface area contributed by atoms with Crippen LogP contribution >= 0.6 is 0 Å². The molecule has 0 aromatic rings. The third-order valence-corrected chi connectivity index (χ3v) is 12.1. The zero-order valence-corrected chi connectivity index (χ0v) is 43.1. The van der Waals surface area contributed by atoms with Gasteiger partial charge in [0.05, 0.1) is 25.4 Å². The van der Waals surface area contributed by atoms with Crippen molar-refractivity contribution in [2.75, 3.05) is 13.2 Å². The minimum Gasteiger partial charge on any atom is -0.454 e. The van der Waals surface area contributed by atoms with Crippen LogP contribution in [0.3, 0.4) is 0 Å². The highest BCUT2D eigenvalue weighted by Gasteiger charge is 2.47. The van der Waals surface area contributed by atoms with E-state index in [1.165, 1.54) is 44.9 Å². The number of allylic oxidation sites excluding steroid dienone is 15. The summed E-state index contributed by atoms with van der Waals surface area (Å²) >= 11 is 0. The van der Waals surface area contributed by atoms with Gasteiger partial charge in [0.25, 0.3) is 0 Å². The number of rotatable bonds is 43. The number of aliphatic hydroxyl groups excluding tert-OH is 5. The van der Waals surface area contributed by atoms with Crippen molar-refractivity contribution in [3.8, 4) is 0 Å². The van der Waals surface area contributed by atoms with Gasteiger partial charge in [-0.2, -0.15) is 0 Å². The molecule has 0 radical (unpaired) electrons. The molecule has 1 aliphatic heterocycles. The number of amides is 1. The van der Waals surface area contributed by atoms with E-state index in [1.807, 2.05) is 54.7 Å². The molecule has 0 saturated carbocycles. The number of hydrogen-bond donors (Lipinski definition) is 6. The molecule has 1 fully saturated rings. The van der Waals surface area contributed by atoms with Crippen molar-refractivity contribution < 1.29 is 49.3 Å². The van der Waals surface area contributed by atoms with E-state index in [2.05, 4.69) is 62.5 Å². The smallest absolute Gasteiger partial charge is 0.306 e. The molecule has 0 aliphatic carbocycles. The molecule has 6 N–H and O–H groups in total. The van der Waals surface area contributed by atoms with Crippen molar-refractivity contribution in [3.05, 3.63) is 97.2 Å². The summed E-state index contributed by atoms with van der Waals surface area (Å²) in [5.74, 6) is -1.26. The number of ether oxygens (including phenoxy) is 3. The lowest BCUT2D eigenvalue weighted by atomic mass is 9.99. The number of esters is 1. The van der Waals surface area contributed by atoms with E-state index in [1.54, 1.807) is 6.08 Å². The summed E-state index contributed by atoms with van der Waals surface area (Å²) in [7, 11) is 0. The summed E-state index contributed by atoms with van der Waals surface area (Å²) in [6.07, 6.45) is 48.8. The van der Waals surface area contributed by atoms with Crippen molar-refractivity contribution >= 4 is 11.9 Å². The SMILES string of the molecule is CC/C=C/C=C/C=C\C=C/C=C/CCCCCC(=O)OC1C(OCC(NC(=O)C(O)CCCCCCCC/C=C/C/C=C/CC)C(O)/C=C/CCCCCCCCCCCC)OC(CO)C(O)C1O. The molecule has 0 aromatic heterocycles. The Morgan fingerprint density at radius 2 is 1.12 bits per heavy atom. The second kappa shape index (κ2) is 45.7. The lowest BCUT2D eigenvalue weighted by molar-refractivity contribution is -0.305. The Balaban J connectivity index is 2.81. The molecule has 0 bridgehead atoms. The number of nitrogens with one attached hydrogen (secondary N) is 1. The van der Waals surface area contributed by atoms with E-state index in [0.29, 0.717) is 12.8 Å². The van der Waals surface area contributed by atoms with E-state index in [0.717, 1.165) is 103 Å². The van der Waals surface area contributed by atoms with Crippen molar-refractivity contribution in [1.82, 2.24) is 5.32 Å². The molecule has 8 atom stereocenters. The number of aliphatic hydroxyl groups is 5. The highest BCUT2D eigenvalue weighted by atomic mass is 16.7. The lowest BCUT2D eigenvalue weighted by Crippen LogP contribution is -2.61. The van der Waals surface area contributed by atoms with Gasteiger partial charge in [0.15, 0.2) is 12.4 Å². The van der Waals surface area contributed by atoms with Gasteiger partial charge in [0.1, 0.15) is 24.4 Å². The molecule has 8 unspecified atom stereocenters. The van der Waals surface area contributed by atoms with Gasteiger partial charge in [-0.25, -0.2) is 0 Å². The quantitative estimate of drug-likeness (QED) is 0.0149. The van der Waals surface area contributed by atoms with Crippen molar-refractivity contribution in [2.24, 2.45) is 0 Å². The fourth-order valence-corrected chi connectivity index (χ4v) is 7.83. The lowest BCUT2D eigenvalue weighted by Gasteiger charge is -2.41. The summed E-state index contributed by atoms with van der Waals surface area (Å²) < 4.78 is 17.5.